The molecule has 0 atom stereocenters. The standard InChI is InChI=1S/C14H12F3N3O/c1-2-11-7-20-13(21-11)8-19-10-4-3-9(6-18)12(5-10)14(15,16)17/h3-5,7,19H,2,8H2,1H3. The molecule has 0 aliphatic carbocycles. The molecule has 1 aromatic carbocycles. The molecule has 21 heavy (non-hydrogen) atoms. The summed E-state index contributed by atoms with van der Waals surface area (Å²) in [6.07, 6.45) is -2.29. The summed E-state index contributed by atoms with van der Waals surface area (Å²) in [5, 5.41) is 11.5. The number of benzene rings is 1. The smallest absolute Gasteiger partial charge is 0.417 e. The number of rotatable bonds is 4. The number of nitriles is 1. The zero-order chi connectivity index (χ0) is 15.5. The van der Waals surface area contributed by atoms with Crippen molar-refractivity contribution in [2.45, 2.75) is 26.1 Å². The minimum Gasteiger partial charge on any atom is -0.444 e. The number of aromatic nitrogens is 1. The number of nitrogens with zero attached hydrogens (tertiary/aromatic N) is 2. The first-order chi connectivity index (χ1) is 9.94. The summed E-state index contributed by atoms with van der Waals surface area (Å²) >= 11 is 0. The third kappa shape index (κ3) is 3.54. The summed E-state index contributed by atoms with van der Waals surface area (Å²) in [6.45, 7) is 2.08. The molecule has 0 amide bonds. The van der Waals surface area contributed by atoms with Gasteiger partial charge in [0.05, 0.1) is 29.9 Å². The van der Waals surface area contributed by atoms with E-state index in [9.17, 15) is 13.2 Å². The van der Waals surface area contributed by atoms with Gasteiger partial charge in [-0.1, -0.05) is 6.92 Å². The van der Waals surface area contributed by atoms with Crippen LogP contribution in [-0.4, -0.2) is 4.98 Å². The SMILES string of the molecule is CCc1cnc(CNc2ccc(C#N)c(C(F)(F)F)c2)o1. The number of hydrogen-bond acceptors (Lipinski definition) is 4. The summed E-state index contributed by atoms with van der Waals surface area (Å²) < 4.78 is 43.8. The maximum absolute atomic E-state index is 12.8. The number of nitrogens with one attached hydrogen (secondary N) is 1. The highest BCUT2D eigenvalue weighted by atomic mass is 19.4. The Labute approximate surface area is 119 Å². The van der Waals surface area contributed by atoms with Gasteiger partial charge in [0.1, 0.15) is 5.76 Å². The van der Waals surface area contributed by atoms with Crippen LogP contribution < -0.4 is 5.32 Å². The van der Waals surface area contributed by atoms with Crippen LogP contribution in [0.4, 0.5) is 18.9 Å². The molecule has 0 unspecified atom stereocenters. The highest BCUT2D eigenvalue weighted by Gasteiger charge is 2.33. The fourth-order valence-corrected chi connectivity index (χ4v) is 1.76. The van der Waals surface area contributed by atoms with E-state index in [1.54, 1.807) is 6.20 Å². The molecule has 110 valence electrons. The Balaban J connectivity index is 2.16. The van der Waals surface area contributed by atoms with E-state index in [-0.39, 0.29) is 12.2 Å². The molecule has 1 aromatic heterocycles. The molecule has 0 saturated heterocycles. The monoisotopic (exact) mass is 295 g/mol. The minimum atomic E-state index is -4.57. The van der Waals surface area contributed by atoms with E-state index in [4.69, 9.17) is 9.68 Å². The van der Waals surface area contributed by atoms with E-state index in [1.807, 2.05) is 6.92 Å². The van der Waals surface area contributed by atoms with E-state index in [2.05, 4.69) is 10.3 Å². The van der Waals surface area contributed by atoms with Crippen LogP contribution in [-0.2, 0) is 19.1 Å². The number of hydrogen-bond donors (Lipinski definition) is 1. The number of oxazole rings is 1. The number of alkyl halides is 3. The molecule has 0 radical (unpaired) electrons. The molecule has 4 nitrogen and oxygen atoms in total. The fourth-order valence-electron chi connectivity index (χ4n) is 1.76. The predicted molar refractivity (Wildman–Crippen MR) is 69.4 cm³/mol. The van der Waals surface area contributed by atoms with Gasteiger partial charge in [-0.2, -0.15) is 18.4 Å². The summed E-state index contributed by atoms with van der Waals surface area (Å²) in [4.78, 5) is 4.00. The second kappa shape index (κ2) is 5.87. The van der Waals surface area contributed by atoms with Gasteiger partial charge < -0.3 is 9.73 Å². The lowest BCUT2D eigenvalue weighted by Crippen LogP contribution is -2.09. The first-order valence-electron chi connectivity index (χ1n) is 6.23. The predicted octanol–water partition coefficient (Wildman–Crippen LogP) is 3.74. The Kier molecular flexibility index (Phi) is 4.17. The molecular weight excluding hydrogens is 283 g/mol. The summed E-state index contributed by atoms with van der Waals surface area (Å²) in [7, 11) is 0. The van der Waals surface area contributed by atoms with Crippen LogP contribution in [0, 0.1) is 11.3 Å². The van der Waals surface area contributed by atoms with Crippen LogP contribution in [0.2, 0.25) is 0 Å². The Morgan fingerprint density at radius 3 is 2.71 bits per heavy atom. The van der Waals surface area contributed by atoms with Crippen molar-refractivity contribution in [2.75, 3.05) is 5.32 Å². The largest absolute Gasteiger partial charge is 0.444 e. The molecule has 2 rings (SSSR count). The maximum Gasteiger partial charge on any atom is 0.417 e. The Morgan fingerprint density at radius 1 is 1.38 bits per heavy atom. The van der Waals surface area contributed by atoms with Gasteiger partial charge in [0.2, 0.25) is 5.89 Å². The van der Waals surface area contributed by atoms with Gasteiger partial charge >= 0.3 is 6.18 Å². The van der Waals surface area contributed by atoms with Crippen LogP contribution in [0.3, 0.4) is 0 Å². The van der Waals surface area contributed by atoms with Crippen LogP contribution in [0.5, 0.6) is 0 Å². The van der Waals surface area contributed by atoms with Crippen molar-refractivity contribution >= 4 is 5.69 Å². The Bertz CT molecular complexity index is 671. The zero-order valence-corrected chi connectivity index (χ0v) is 11.2. The third-order valence-electron chi connectivity index (χ3n) is 2.84. The summed E-state index contributed by atoms with van der Waals surface area (Å²) in [6, 6.07) is 4.99. The van der Waals surface area contributed by atoms with Crippen molar-refractivity contribution in [3.8, 4) is 6.07 Å². The lowest BCUT2D eigenvalue weighted by molar-refractivity contribution is -0.137. The molecule has 0 fully saturated rings. The second-order valence-corrected chi connectivity index (χ2v) is 4.30. The number of halogens is 3. The highest BCUT2D eigenvalue weighted by Crippen LogP contribution is 2.33. The van der Waals surface area contributed by atoms with Crippen LogP contribution in [0.1, 0.15) is 29.7 Å². The third-order valence-corrected chi connectivity index (χ3v) is 2.84. The maximum atomic E-state index is 12.8. The van der Waals surface area contributed by atoms with Crippen molar-refractivity contribution < 1.29 is 17.6 Å². The fraction of sp³-hybridized carbons (Fsp3) is 0.286. The molecule has 0 bridgehead atoms. The van der Waals surface area contributed by atoms with E-state index >= 15 is 0 Å². The van der Waals surface area contributed by atoms with Gasteiger partial charge in [-0.15, -0.1) is 0 Å². The van der Waals surface area contributed by atoms with E-state index in [0.29, 0.717) is 18.1 Å². The van der Waals surface area contributed by atoms with Gasteiger partial charge in [0.25, 0.3) is 0 Å². The molecular formula is C14H12F3N3O. The van der Waals surface area contributed by atoms with Gasteiger partial charge in [-0.3, -0.25) is 0 Å². The second-order valence-electron chi connectivity index (χ2n) is 4.30. The van der Waals surface area contributed by atoms with Crippen molar-refractivity contribution in [3.05, 3.63) is 47.2 Å². The van der Waals surface area contributed by atoms with E-state index in [1.165, 1.54) is 12.1 Å². The van der Waals surface area contributed by atoms with Crippen molar-refractivity contribution in [1.29, 1.82) is 5.26 Å². The molecule has 0 aliphatic heterocycles. The number of aryl methyl sites for hydroxylation is 1. The highest BCUT2D eigenvalue weighted by molar-refractivity contribution is 5.53. The molecule has 2 aromatic rings. The average Bonchev–Trinajstić information content (AvgIpc) is 2.92. The van der Waals surface area contributed by atoms with Gasteiger partial charge in [-0.25, -0.2) is 4.98 Å². The molecule has 0 aliphatic rings. The van der Waals surface area contributed by atoms with E-state index < -0.39 is 17.3 Å². The van der Waals surface area contributed by atoms with Gasteiger partial charge in [0, 0.05) is 12.1 Å². The first kappa shape index (κ1) is 14.9. The quantitative estimate of drug-likeness (QED) is 0.933. The van der Waals surface area contributed by atoms with Crippen molar-refractivity contribution in [2.24, 2.45) is 0 Å². The minimum absolute atomic E-state index is 0.170. The molecule has 1 N–H and O–H groups in total. The van der Waals surface area contributed by atoms with Crippen LogP contribution >= 0.6 is 0 Å². The average molecular weight is 295 g/mol. The first-order valence-corrected chi connectivity index (χ1v) is 6.23. The Morgan fingerprint density at radius 2 is 2.14 bits per heavy atom. The van der Waals surface area contributed by atoms with Crippen molar-refractivity contribution in [3.63, 3.8) is 0 Å². The molecule has 0 saturated carbocycles. The zero-order valence-electron chi connectivity index (χ0n) is 11.2. The summed E-state index contributed by atoms with van der Waals surface area (Å²) in [5.41, 5.74) is -1.12. The van der Waals surface area contributed by atoms with Crippen molar-refractivity contribution in [1.82, 2.24) is 4.98 Å². The molecule has 1 heterocycles. The lowest BCUT2D eigenvalue weighted by Gasteiger charge is -2.11. The molecule has 7 heteroatoms. The van der Waals surface area contributed by atoms with Crippen LogP contribution in [0.25, 0.3) is 0 Å². The number of anilines is 1. The summed E-state index contributed by atoms with van der Waals surface area (Å²) in [5.74, 6) is 1.10. The Hall–Kier alpha value is -2.49. The lowest BCUT2D eigenvalue weighted by atomic mass is 10.1. The van der Waals surface area contributed by atoms with E-state index in [0.717, 1.165) is 12.1 Å². The topological polar surface area (TPSA) is 61.9 Å². The van der Waals surface area contributed by atoms with Gasteiger partial charge in [-0.05, 0) is 18.2 Å². The normalized spacial score (nSPS) is 11.2. The van der Waals surface area contributed by atoms with Crippen LogP contribution in [0.15, 0.2) is 28.8 Å². The van der Waals surface area contributed by atoms with Gasteiger partial charge in [0.15, 0.2) is 0 Å². The molecule has 0 spiro atoms.